The predicted molar refractivity (Wildman–Crippen MR) is 74.1 cm³/mol. The fourth-order valence-corrected chi connectivity index (χ4v) is 1.93. The Hall–Kier alpha value is -2.08. The predicted octanol–water partition coefficient (Wildman–Crippen LogP) is 2.62. The summed E-state index contributed by atoms with van der Waals surface area (Å²) < 4.78 is 10.2. The summed E-state index contributed by atoms with van der Waals surface area (Å²) in [4.78, 5) is 11.8. The maximum atomic E-state index is 11.8. The van der Waals surface area contributed by atoms with E-state index in [1.165, 1.54) is 7.11 Å². The van der Waals surface area contributed by atoms with Crippen molar-refractivity contribution in [2.45, 2.75) is 13.8 Å². The average Bonchev–Trinajstić information content (AvgIpc) is 2.90. The second kappa shape index (κ2) is 5.92. The summed E-state index contributed by atoms with van der Waals surface area (Å²) in [5.74, 6) is 0.0151. The molecule has 0 radical (unpaired) electrons. The van der Waals surface area contributed by atoms with Gasteiger partial charge in [0.15, 0.2) is 5.69 Å². The van der Waals surface area contributed by atoms with Gasteiger partial charge >= 0.3 is 5.97 Å². The zero-order valence-electron chi connectivity index (χ0n) is 11.4. The van der Waals surface area contributed by atoms with Gasteiger partial charge in [-0.05, 0) is 31.5 Å². The van der Waals surface area contributed by atoms with Gasteiger partial charge in [-0.1, -0.05) is 11.6 Å². The first-order valence-electron chi connectivity index (χ1n) is 6.00. The van der Waals surface area contributed by atoms with E-state index in [9.17, 15) is 4.79 Å². The highest BCUT2D eigenvalue weighted by molar-refractivity contribution is 6.31. The van der Waals surface area contributed by atoms with Crippen LogP contribution in [0.3, 0.4) is 0 Å². The first-order valence-corrected chi connectivity index (χ1v) is 6.38. The van der Waals surface area contributed by atoms with Crippen molar-refractivity contribution in [2.75, 3.05) is 13.7 Å². The second-order valence-corrected chi connectivity index (χ2v) is 4.45. The fourth-order valence-electron chi connectivity index (χ4n) is 1.77. The largest absolute Gasteiger partial charge is 0.496 e. The Morgan fingerprint density at radius 2 is 2.15 bits per heavy atom. The third-order valence-corrected chi connectivity index (χ3v) is 3.16. The van der Waals surface area contributed by atoms with Crippen molar-refractivity contribution in [3.05, 3.63) is 28.4 Å². The van der Waals surface area contributed by atoms with Crippen LogP contribution in [0.15, 0.2) is 12.1 Å². The number of nitrogens with zero attached hydrogens (tertiary/aromatic N) is 2. The molecule has 6 nitrogen and oxygen atoms in total. The van der Waals surface area contributed by atoms with Crippen molar-refractivity contribution in [1.82, 2.24) is 15.4 Å². The van der Waals surface area contributed by atoms with Gasteiger partial charge in [0, 0.05) is 10.6 Å². The molecule has 0 amide bonds. The highest BCUT2D eigenvalue weighted by Crippen LogP contribution is 2.34. The number of carbonyl (C=O) groups excluding carboxylic acids is 1. The Morgan fingerprint density at radius 3 is 2.80 bits per heavy atom. The maximum absolute atomic E-state index is 11.8. The molecule has 0 aliphatic carbocycles. The van der Waals surface area contributed by atoms with Crippen LogP contribution in [0.25, 0.3) is 11.3 Å². The molecule has 20 heavy (non-hydrogen) atoms. The third kappa shape index (κ3) is 2.60. The number of ether oxygens (including phenoxy) is 2. The minimum absolute atomic E-state index is 0.102. The van der Waals surface area contributed by atoms with Crippen LogP contribution in [0.5, 0.6) is 5.75 Å². The van der Waals surface area contributed by atoms with Gasteiger partial charge in [0.25, 0.3) is 0 Å². The van der Waals surface area contributed by atoms with Crippen LogP contribution in [0, 0.1) is 6.92 Å². The summed E-state index contributed by atoms with van der Waals surface area (Å²) in [7, 11) is 1.54. The number of aryl methyl sites for hydroxylation is 1. The molecule has 1 N–H and O–H groups in total. The number of hydrogen-bond donors (Lipinski definition) is 1. The smallest absolute Gasteiger partial charge is 0.361 e. The number of aromatic nitrogens is 3. The normalized spacial score (nSPS) is 10.4. The average molecular weight is 296 g/mol. The number of esters is 1. The second-order valence-electron chi connectivity index (χ2n) is 4.04. The van der Waals surface area contributed by atoms with Gasteiger partial charge in [-0.2, -0.15) is 10.3 Å². The Morgan fingerprint density at radius 1 is 1.40 bits per heavy atom. The van der Waals surface area contributed by atoms with Crippen LogP contribution in [-0.2, 0) is 4.74 Å². The van der Waals surface area contributed by atoms with Gasteiger partial charge in [-0.3, -0.25) is 0 Å². The molecule has 2 aromatic rings. The summed E-state index contributed by atoms with van der Waals surface area (Å²) in [5, 5.41) is 10.8. The monoisotopic (exact) mass is 295 g/mol. The molecule has 1 aromatic carbocycles. The topological polar surface area (TPSA) is 77.1 Å². The fraction of sp³-hybridized carbons (Fsp3) is 0.308. The summed E-state index contributed by atoms with van der Waals surface area (Å²) >= 11 is 6.12. The van der Waals surface area contributed by atoms with Crippen LogP contribution in [0.2, 0.25) is 5.02 Å². The van der Waals surface area contributed by atoms with Crippen molar-refractivity contribution in [2.24, 2.45) is 0 Å². The summed E-state index contributed by atoms with van der Waals surface area (Å²) in [6, 6.07) is 3.47. The standard InChI is InChI=1S/C13H14ClN3O3/c1-4-20-13(18)12-11(15-17-16-12)8-6-9(14)7(2)5-10(8)19-3/h5-6H,4H2,1-3H3,(H,15,16,17). The first kappa shape index (κ1) is 14.3. The summed E-state index contributed by atoms with van der Waals surface area (Å²) in [5.41, 5.74) is 1.90. The molecule has 0 aliphatic heterocycles. The van der Waals surface area contributed by atoms with Crippen LogP contribution >= 0.6 is 11.6 Å². The van der Waals surface area contributed by atoms with Crippen LogP contribution in [0.4, 0.5) is 0 Å². The lowest BCUT2D eigenvalue weighted by molar-refractivity contribution is 0.0520. The molecule has 0 fully saturated rings. The lowest BCUT2D eigenvalue weighted by atomic mass is 10.1. The van der Waals surface area contributed by atoms with Gasteiger partial charge in [0.05, 0.1) is 13.7 Å². The van der Waals surface area contributed by atoms with E-state index >= 15 is 0 Å². The van der Waals surface area contributed by atoms with Crippen molar-refractivity contribution in [3.63, 3.8) is 0 Å². The molecular weight excluding hydrogens is 282 g/mol. The number of benzene rings is 1. The molecule has 1 aromatic heterocycles. The molecule has 0 aliphatic rings. The third-order valence-electron chi connectivity index (χ3n) is 2.75. The zero-order chi connectivity index (χ0) is 14.7. The molecule has 0 spiro atoms. The number of nitrogens with one attached hydrogen (secondary N) is 1. The van der Waals surface area contributed by atoms with E-state index in [-0.39, 0.29) is 12.3 Å². The molecule has 0 bridgehead atoms. The summed E-state index contributed by atoms with van der Waals surface area (Å²) in [6.07, 6.45) is 0. The van der Waals surface area contributed by atoms with E-state index in [1.54, 1.807) is 19.1 Å². The highest BCUT2D eigenvalue weighted by Gasteiger charge is 2.22. The van der Waals surface area contributed by atoms with Gasteiger partial charge in [0.1, 0.15) is 11.4 Å². The molecule has 0 saturated carbocycles. The first-order chi connectivity index (χ1) is 9.58. The van der Waals surface area contributed by atoms with E-state index in [4.69, 9.17) is 21.1 Å². The minimum Gasteiger partial charge on any atom is -0.496 e. The number of hydrogen-bond acceptors (Lipinski definition) is 5. The molecule has 7 heteroatoms. The van der Waals surface area contributed by atoms with Crippen LogP contribution in [-0.4, -0.2) is 35.1 Å². The SMILES string of the molecule is CCOC(=O)c1n[nH]nc1-c1cc(Cl)c(C)cc1OC. The van der Waals surface area contributed by atoms with Gasteiger partial charge in [-0.25, -0.2) is 4.79 Å². The Balaban J connectivity index is 2.55. The van der Waals surface area contributed by atoms with Crippen molar-refractivity contribution in [3.8, 4) is 17.0 Å². The lowest BCUT2D eigenvalue weighted by Gasteiger charge is -2.09. The number of carbonyl (C=O) groups is 1. The molecule has 0 unspecified atom stereocenters. The number of rotatable bonds is 4. The van der Waals surface area contributed by atoms with E-state index < -0.39 is 5.97 Å². The quantitative estimate of drug-likeness (QED) is 0.877. The molecular formula is C13H14ClN3O3. The highest BCUT2D eigenvalue weighted by atomic mass is 35.5. The van der Waals surface area contributed by atoms with Gasteiger partial charge in [-0.15, -0.1) is 5.10 Å². The molecule has 0 saturated heterocycles. The number of methoxy groups -OCH3 is 1. The number of halogens is 1. The van der Waals surface area contributed by atoms with E-state index in [2.05, 4.69) is 15.4 Å². The van der Waals surface area contributed by atoms with Gasteiger partial charge in [0.2, 0.25) is 0 Å². The lowest BCUT2D eigenvalue weighted by Crippen LogP contribution is -2.07. The van der Waals surface area contributed by atoms with Crippen molar-refractivity contribution < 1.29 is 14.3 Å². The van der Waals surface area contributed by atoms with Gasteiger partial charge < -0.3 is 9.47 Å². The zero-order valence-corrected chi connectivity index (χ0v) is 12.1. The van der Waals surface area contributed by atoms with Crippen LogP contribution in [0.1, 0.15) is 23.0 Å². The Labute approximate surface area is 121 Å². The summed E-state index contributed by atoms with van der Waals surface area (Å²) in [6.45, 7) is 3.85. The van der Waals surface area contributed by atoms with E-state index in [1.807, 2.05) is 6.92 Å². The van der Waals surface area contributed by atoms with E-state index in [0.717, 1.165) is 5.56 Å². The van der Waals surface area contributed by atoms with Crippen molar-refractivity contribution in [1.29, 1.82) is 0 Å². The molecule has 0 atom stereocenters. The van der Waals surface area contributed by atoms with Crippen molar-refractivity contribution >= 4 is 17.6 Å². The molecule has 1 heterocycles. The molecule has 106 valence electrons. The number of aromatic amines is 1. The molecule has 2 rings (SSSR count). The Bertz CT molecular complexity index is 640. The van der Waals surface area contributed by atoms with Crippen LogP contribution < -0.4 is 4.74 Å². The number of H-pyrrole nitrogens is 1. The Kier molecular flexibility index (Phi) is 4.24. The minimum atomic E-state index is -0.546. The van der Waals surface area contributed by atoms with E-state index in [0.29, 0.717) is 22.0 Å². The maximum Gasteiger partial charge on any atom is 0.361 e.